The molecule has 0 atom stereocenters. The minimum Gasteiger partial charge on any atom is -0.346 e. The van der Waals surface area contributed by atoms with Crippen LogP contribution in [-0.2, 0) is 10.3 Å². The maximum Gasteiger partial charge on any atom is 0.234 e. The van der Waals surface area contributed by atoms with Gasteiger partial charge < -0.3 is 5.32 Å². The van der Waals surface area contributed by atoms with Gasteiger partial charge in [0.25, 0.3) is 0 Å². The predicted molar refractivity (Wildman–Crippen MR) is 67.3 cm³/mol. The zero-order valence-corrected chi connectivity index (χ0v) is 10.8. The smallest absolute Gasteiger partial charge is 0.234 e. The fraction of sp³-hybridized carbons (Fsp3) is 0.429. The van der Waals surface area contributed by atoms with Crippen LogP contribution in [0.25, 0.3) is 0 Å². The largest absolute Gasteiger partial charge is 0.346 e. The van der Waals surface area contributed by atoms with Crippen LogP contribution in [0.1, 0.15) is 37.0 Å². The first kappa shape index (κ1) is 13.2. The predicted octanol–water partition coefficient (Wildman–Crippen LogP) is 2.57. The molecule has 0 saturated heterocycles. The van der Waals surface area contributed by atoms with Crippen molar-refractivity contribution in [2.24, 2.45) is 0 Å². The van der Waals surface area contributed by atoms with Crippen molar-refractivity contribution in [1.29, 1.82) is 5.26 Å². The van der Waals surface area contributed by atoms with Crippen LogP contribution in [0.5, 0.6) is 0 Å². The summed E-state index contributed by atoms with van der Waals surface area (Å²) in [4.78, 5) is 11.5. The van der Waals surface area contributed by atoms with Crippen LogP contribution in [0.15, 0.2) is 18.2 Å². The quantitative estimate of drug-likeness (QED) is 0.867. The minimum atomic E-state index is -0.453. The molecule has 0 aliphatic heterocycles. The third kappa shape index (κ3) is 3.32. The highest BCUT2D eigenvalue weighted by molar-refractivity contribution is 5.79. The maximum atomic E-state index is 11.5. The van der Waals surface area contributed by atoms with Crippen LogP contribution in [-0.4, -0.2) is 5.91 Å². The summed E-state index contributed by atoms with van der Waals surface area (Å²) in [5.74, 6) is -0.238. The van der Waals surface area contributed by atoms with Crippen LogP contribution in [0.4, 0.5) is 0 Å². The highest BCUT2D eigenvalue weighted by Gasteiger charge is 2.24. The van der Waals surface area contributed by atoms with Gasteiger partial charge >= 0.3 is 0 Å². The van der Waals surface area contributed by atoms with Crippen LogP contribution >= 0.6 is 0 Å². The van der Waals surface area contributed by atoms with Crippen molar-refractivity contribution in [3.63, 3.8) is 0 Å². The van der Waals surface area contributed by atoms with Gasteiger partial charge in [0.05, 0.1) is 11.6 Å². The van der Waals surface area contributed by atoms with E-state index in [2.05, 4.69) is 11.4 Å². The lowest BCUT2D eigenvalue weighted by Gasteiger charge is -2.28. The summed E-state index contributed by atoms with van der Waals surface area (Å²) in [5, 5.41) is 11.4. The van der Waals surface area contributed by atoms with E-state index in [0.717, 1.165) is 11.1 Å². The molecule has 0 saturated carbocycles. The van der Waals surface area contributed by atoms with E-state index in [1.165, 1.54) is 5.56 Å². The second-order valence-electron chi connectivity index (χ2n) is 4.83. The lowest BCUT2D eigenvalue weighted by Crippen LogP contribution is -2.41. The SMILES string of the molecule is Cc1ccc(C(C)(C)NC(=O)CC#N)c(C)c1. The number of nitrogens with one attached hydrogen (secondary N) is 1. The van der Waals surface area contributed by atoms with E-state index >= 15 is 0 Å². The first-order chi connectivity index (χ1) is 7.86. The summed E-state index contributed by atoms with van der Waals surface area (Å²) in [6, 6.07) is 8.00. The van der Waals surface area contributed by atoms with Crippen LogP contribution < -0.4 is 5.32 Å². The van der Waals surface area contributed by atoms with E-state index in [1.807, 2.05) is 45.9 Å². The molecule has 0 spiro atoms. The molecule has 0 aliphatic carbocycles. The molecule has 1 rings (SSSR count). The number of hydrogen-bond donors (Lipinski definition) is 1. The van der Waals surface area contributed by atoms with Gasteiger partial charge in [0.2, 0.25) is 5.91 Å². The number of nitriles is 1. The molecule has 1 aromatic rings. The van der Waals surface area contributed by atoms with E-state index in [4.69, 9.17) is 5.26 Å². The molecule has 1 aromatic carbocycles. The van der Waals surface area contributed by atoms with Crippen molar-refractivity contribution < 1.29 is 4.79 Å². The van der Waals surface area contributed by atoms with Crippen LogP contribution in [0.2, 0.25) is 0 Å². The molecule has 1 amide bonds. The number of carbonyl (C=O) groups is 1. The average Bonchev–Trinajstić information content (AvgIpc) is 2.15. The van der Waals surface area contributed by atoms with E-state index < -0.39 is 5.54 Å². The summed E-state index contributed by atoms with van der Waals surface area (Å²) in [6.45, 7) is 7.96. The molecule has 3 heteroatoms. The van der Waals surface area contributed by atoms with Crippen molar-refractivity contribution in [3.05, 3.63) is 34.9 Å². The summed E-state index contributed by atoms with van der Waals surface area (Å²) in [6.07, 6.45) is -0.103. The highest BCUT2D eigenvalue weighted by atomic mass is 16.1. The Bertz CT molecular complexity index is 470. The van der Waals surface area contributed by atoms with Crippen molar-refractivity contribution in [1.82, 2.24) is 5.32 Å². The van der Waals surface area contributed by atoms with Crippen LogP contribution in [0, 0.1) is 25.2 Å². The van der Waals surface area contributed by atoms with Crippen molar-refractivity contribution in [3.8, 4) is 6.07 Å². The number of hydrogen-bond acceptors (Lipinski definition) is 2. The van der Waals surface area contributed by atoms with Crippen molar-refractivity contribution >= 4 is 5.91 Å². The second-order valence-corrected chi connectivity index (χ2v) is 4.83. The normalized spacial score (nSPS) is 10.8. The third-order valence-electron chi connectivity index (χ3n) is 2.75. The van der Waals surface area contributed by atoms with Crippen LogP contribution in [0.3, 0.4) is 0 Å². The Morgan fingerprint density at radius 2 is 2.06 bits per heavy atom. The number of carbonyl (C=O) groups excluding carboxylic acids is 1. The monoisotopic (exact) mass is 230 g/mol. The fourth-order valence-electron chi connectivity index (χ4n) is 2.05. The van der Waals surface area contributed by atoms with E-state index in [9.17, 15) is 4.79 Å². The van der Waals surface area contributed by atoms with Gasteiger partial charge in [-0.05, 0) is 38.8 Å². The summed E-state index contributed by atoms with van der Waals surface area (Å²) in [5.41, 5.74) is 2.97. The molecule has 17 heavy (non-hydrogen) atoms. The Labute approximate surface area is 102 Å². The lowest BCUT2D eigenvalue weighted by molar-refractivity contribution is -0.121. The number of benzene rings is 1. The van der Waals surface area contributed by atoms with E-state index in [0.29, 0.717) is 0 Å². The summed E-state index contributed by atoms with van der Waals surface area (Å²) < 4.78 is 0. The summed E-state index contributed by atoms with van der Waals surface area (Å²) in [7, 11) is 0. The first-order valence-corrected chi connectivity index (χ1v) is 5.62. The van der Waals surface area contributed by atoms with Gasteiger partial charge in [0.1, 0.15) is 6.42 Å². The molecule has 90 valence electrons. The topological polar surface area (TPSA) is 52.9 Å². The lowest BCUT2D eigenvalue weighted by atomic mass is 9.89. The maximum absolute atomic E-state index is 11.5. The third-order valence-corrected chi connectivity index (χ3v) is 2.75. The Balaban J connectivity index is 2.97. The molecule has 0 aliphatic rings. The Morgan fingerprint density at radius 1 is 1.41 bits per heavy atom. The fourth-order valence-corrected chi connectivity index (χ4v) is 2.05. The highest BCUT2D eigenvalue weighted by Crippen LogP contribution is 2.24. The van der Waals surface area contributed by atoms with Gasteiger partial charge in [-0.3, -0.25) is 4.79 Å². The number of aryl methyl sites for hydroxylation is 2. The number of nitrogens with zero attached hydrogens (tertiary/aromatic N) is 1. The Hall–Kier alpha value is -1.82. The summed E-state index contributed by atoms with van der Waals surface area (Å²) >= 11 is 0. The molecule has 0 heterocycles. The molecule has 0 aromatic heterocycles. The van der Waals surface area contributed by atoms with Gasteiger partial charge in [-0.25, -0.2) is 0 Å². The molecular weight excluding hydrogens is 212 g/mol. The molecule has 3 nitrogen and oxygen atoms in total. The molecule has 0 unspecified atom stereocenters. The van der Waals surface area contributed by atoms with E-state index in [1.54, 1.807) is 0 Å². The standard InChI is InChI=1S/C14H18N2O/c1-10-5-6-12(11(2)9-10)14(3,4)16-13(17)7-8-15/h5-6,9H,7H2,1-4H3,(H,16,17). The molecule has 0 fully saturated rings. The van der Waals surface area contributed by atoms with Crippen molar-refractivity contribution in [2.45, 2.75) is 39.7 Å². The molecule has 0 bridgehead atoms. The number of rotatable bonds is 3. The zero-order chi connectivity index (χ0) is 13.1. The zero-order valence-electron chi connectivity index (χ0n) is 10.8. The number of amides is 1. The van der Waals surface area contributed by atoms with Crippen molar-refractivity contribution in [2.75, 3.05) is 0 Å². The molecular formula is C14H18N2O. The minimum absolute atomic E-state index is 0.103. The Kier molecular flexibility index (Phi) is 3.90. The van der Waals surface area contributed by atoms with Gasteiger partial charge in [0, 0.05) is 0 Å². The average molecular weight is 230 g/mol. The van der Waals surface area contributed by atoms with Gasteiger partial charge in [-0.2, -0.15) is 5.26 Å². The Morgan fingerprint density at radius 3 is 2.59 bits per heavy atom. The van der Waals surface area contributed by atoms with E-state index in [-0.39, 0.29) is 12.3 Å². The molecule has 1 N–H and O–H groups in total. The van der Waals surface area contributed by atoms with Gasteiger partial charge in [0.15, 0.2) is 0 Å². The molecule has 0 radical (unpaired) electrons. The second kappa shape index (κ2) is 5.01. The first-order valence-electron chi connectivity index (χ1n) is 5.62. The van der Waals surface area contributed by atoms with Gasteiger partial charge in [-0.15, -0.1) is 0 Å². The van der Waals surface area contributed by atoms with Gasteiger partial charge in [-0.1, -0.05) is 23.8 Å².